The highest BCUT2D eigenvalue weighted by atomic mass is 16.6. The maximum absolute atomic E-state index is 15.3. The minimum Gasteiger partial charge on any atom is -0.496 e. The molecule has 3 aromatic rings. The van der Waals surface area contributed by atoms with Gasteiger partial charge in [0.05, 0.1) is 33.0 Å². The smallest absolute Gasteiger partial charge is 0.342 e. The summed E-state index contributed by atoms with van der Waals surface area (Å²) >= 11 is 0. The van der Waals surface area contributed by atoms with Crippen LogP contribution < -0.4 is 9.64 Å². The van der Waals surface area contributed by atoms with Gasteiger partial charge < -0.3 is 39.0 Å². The first-order valence-electron chi connectivity index (χ1n) is 20.7. The first-order valence-corrected chi connectivity index (χ1v) is 20.7. The third-order valence-corrected chi connectivity index (χ3v) is 15.6. The number of aromatic nitrogens is 1. The van der Waals surface area contributed by atoms with E-state index in [1.54, 1.807) is 14.2 Å². The molecule has 2 saturated heterocycles. The third kappa shape index (κ3) is 5.04. The second-order valence-corrected chi connectivity index (χ2v) is 17.8. The number of nitrogens with one attached hydrogen (secondary N) is 1. The van der Waals surface area contributed by atoms with Crippen molar-refractivity contribution in [2.24, 2.45) is 11.3 Å². The topological polar surface area (TPSA) is 137 Å². The molecule has 6 heterocycles. The minimum absolute atomic E-state index is 0. The van der Waals surface area contributed by atoms with Gasteiger partial charge in [0, 0.05) is 91.1 Å². The van der Waals surface area contributed by atoms with Crippen molar-refractivity contribution in [2.45, 2.75) is 100 Å². The van der Waals surface area contributed by atoms with Gasteiger partial charge in [-0.1, -0.05) is 51.6 Å². The second kappa shape index (κ2) is 14.1. The van der Waals surface area contributed by atoms with Gasteiger partial charge in [-0.3, -0.25) is 14.6 Å². The van der Waals surface area contributed by atoms with Crippen molar-refractivity contribution in [3.05, 3.63) is 70.9 Å². The predicted octanol–water partition coefficient (Wildman–Crippen LogP) is 4.71. The minimum atomic E-state index is -2.06. The SMILES string of the molecule is C.CC[C@]1(O)CC2CN(CCc3c([nH]c4ccccc34)[C@](C(=O)OC)(c3cc4c(cc3OC)N(C)C3C45CCN4CC=C[C@](CC)(C45)[C@@H](OC)[C@]3(O)C(=O)OC)C2)C1. The second-order valence-electron chi connectivity index (χ2n) is 17.8. The zero-order valence-corrected chi connectivity index (χ0v) is 34.4. The fourth-order valence-corrected chi connectivity index (χ4v) is 13.5. The van der Waals surface area contributed by atoms with E-state index < -0.39 is 51.5 Å². The number of piperidine rings is 1. The van der Waals surface area contributed by atoms with E-state index in [0.717, 1.165) is 59.6 Å². The zero-order chi connectivity index (χ0) is 40.3. The molecule has 6 aliphatic rings. The Morgan fingerprint density at radius 3 is 2.40 bits per heavy atom. The summed E-state index contributed by atoms with van der Waals surface area (Å²) in [7, 11) is 7.93. The molecule has 3 fully saturated rings. The Morgan fingerprint density at radius 2 is 1.71 bits per heavy atom. The number of fused-ring (bicyclic) bond motifs is 6. The number of H-pyrrole nitrogens is 1. The highest BCUT2D eigenvalue weighted by Crippen LogP contribution is 2.68. The molecule has 0 radical (unpaired) electrons. The lowest BCUT2D eigenvalue weighted by atomic mass is 9.47. The molecule has 9 rings (SSSR count). The number of esters is 2. The summed E-state index contributed by atoms with van der Waals surface area (Å²) in [4.78, 5) is 40.2. The summed E-state index contributed by atoms with van der Waals surface area (Å²) < 4.78 is 24.1. The summed E-state index contributed by atoms with van der Waals surface area (Å²) in [5.41, 5.74) is -0.635. The molecule has 58 heavy (non-hydrogen) atoms. The number of likely N-dealkylation sites (N-methyl/N-ethyl adjacent to an activating group) is 1. The first-order chi connectivity index (χ1) is 27.4. The van der Waals surface area contributed by atoms with Crippen LogP contribution in [-0.4, -0.2) is 135 Å². The summed E-state index contributed by atoms with van der Waals surface area (Å²) in [6.45, 7) is 7.68. The van der Waals surface area contributed by atoms with Gasteiger partial charge in [-0.25, -0.2) is 4.79 Å². The molecule has 1 saturated carbocycles. The molecule has 2 bridgehead atoms. The number of carbonyl (C=O) groups excluding carboxylic acids is 2. The molecule has 12 nitrogen and oxygen atoms in total. The van der Waals surface area contributed by atoms with Crippen LogP contribution in [0.3, 0.4) is 0 Å². The predicted molar refractivity (Wildman–Crippen MR) is 222 cm³/mol. The monoisotopic (exact) mass is 798 g/mol. The van der Waals surface area contributed by atoms with E-state index in [9.17, 15) is 15.0 Å². The van der Waals surface area contributed by atoms with E-state index in [-0.39, 0.29) is 19.4 Å². The van der Waals surface area contributed by atoms with Gasteiger partial charge in [-0.15, -0.1) is 0 Å². The number of carbonyl (C=O) groups is 2. The van der Waals surface area contributed by atoms with Crippen LogP contribution in [0, 0.1) is 11.3 Å². The standard InChI is InChI=1S/C45H58N4O8.CH4/c1-8-41(52)23-27-24-44(39(50)56-6,35-29(15-19-48(25-27)26-41)28-13-10-11-14-32(28)46-35)31-21-30-33(22-34(31)54-4)47(3)37-43(30)17-20-49-18-12-16-42(9-2,36(43)49)38(55-5)45(37,53)40(51)57-7;/h10-14,16,21-22,27,36-38,46,52-53H,8-9,15,17-20,23-26H2,1-7H3;1H4/t27?,36?,37?,38-,41+,42-,43?,44-,45+;/m1./s1. The Kier molecular flexibility index (Phi) is 9.91. The number of anilines is 1. The molecule has 5 aliphatic heterocycles. The van der Waals surface area contributed by atoms with Crippen molar-refractivity contribution in [3.63, 3.8) is 0 Å². The van der Waals surface area contributed by atoms with Crippen molar-refractivity contribution < 1.29 is 38.7 Å². The Labute approximate surface area is 342 Å². The molecule has 5 unspecified atom stereocenters. The van der Waals surface area contributed by atoms with E-state index in [4.69, 9.17) is 18.9 Å². The average molecular weight is 799 g/mol. The summed E-state index contributed by atoms with van der Waals surface area (Å²) in [5, 5.41) is 26.2. The molecule has 2 aromatic carbocycles. The summed E-state index contributed by atoms with van der Waals surface area (Å²) in [5.74, 6) is -0.692. The number of hydrogen-bond acceptors (Lipinski definition) is 11. The number of para-hydroxylation sites is 1. The molecule has 1 spiro atoms. The Morgan fingerprint density at radius 1 is 0.948 bits per heavy atom. The highest BCUT2D eigenvalue weighted by molar-refractivity contribution is 5.95. The number of rotatable bonds is 7. The number of methoxy groups -OCH3 is 4. The van der Waals surface area contributed by atoms with E-state index in [2.05, 4.69) is 52.1 Å². The lowest BCUT2D eigenvalue weighted by Gasteiger charge is -2.63. The fourth-order valence-electron chi connectivity index (χ4n) is 13.5. The average Bonchev–Trinajstić information content (AvgIpc) is 3.88. The Bertz CT molecular complexity index is 2150. The molecule has 0 amide bonds. The van der Waals surface area contributed by atoms with Crippen molar-refractivity contribution in [2.75, 3.05) is 73.1 Å². The molecule has 12 heteroatoms. The van der Waals surface area contributed by atoms with E-state index in [1.807, 2.05) is 37.1 Å². The van der Waals surface area contributed by atoms with Gasteiger partial charge in [0.25, 0.3) is 0 Å². The maximum atomic E-state index is 15.3. The molecule has 1 aliphatic carbocycles. The summed E-state index contributed by atoms with van der Waals surface area (Å²) in [6.07, 6.45) is 6.88. The van der Waals surface area contributed by atoms with Gasteiger partial charge in [-0.2, -0.15) is 0 Å². The normalized spacial score (nSPS) is 37.3. The number of ether oxygens (including phenoxy) is 4. The lowest BCUT2D eigenvalue weighted by molar-refractivity contribution is -0.225. The first kappa shape index (κ1) is 40.8. The molecular weight excluding hydrogens is 737 g/mol. The van der Waals surface area contributed by atoms with Crippen molar-refractivity contribution in [3.8, 4) is 5.75 Å². The van der Waals surface area contributed by atoms with Gasteiger partial charge in [0.2, 0.25) is 5.60 Å². The number of nitrogens with zero attached hydrogens (tertiary/aromatic N) is 3. The maximum Gasteiger partial charge on any atom is 0.342 e. The van der Waals surface area contributed by atoms with Crippen LogP contribution in [0.1, 0.15) is 75.8 Å². The van der Waals surface area contributed by atoms with Crippen LogP contribution >= 0.6 is 0 Å². The summed E-state index contributed by atoms with van der Waals surface area (Å²) in [6, 6.07) is 11.5. The van der Waals surface area contributed by atoms with Gasteiger partial charge in [0.1, 0.15) is 17.3 Å². The van der Waals surface area contributed by atoms with Crippen LogP contribution in [0.25, 0.3) is 10.9 Å². The zero-order valence-electron chi connectivity index (χ0n) is 34.4. The van der Waals surface area contributed by atoms with Crippen LogP contribution in [-0.2, 0) is 41.1 Å². The number of aromatic amines is 1. The van der Waals surface area contributed by atoms with E-state index in [0.29, 0.717) is 56.4 Å². The number of hydrogen-bond donors (Lipinski definition) is 3. The molecule has 314 valence electrons. The Hall–Kier alpha value is -3.94. The van der Waals surface area contributed by atoms with Crippen LogP contribution in [0.2, 0.25) is 0 Å². The van der Waals surface area contributed by atoms with Crippen LogP contribution in [0.5, 0.6) is 5.75 Å². The fraction of sp³-hybridized carbons (Fsp3) is 0.609. The van der Waals surface area contributed by atoms with Gasteiger partial charge in [-0.05, 0) is 74.2 Å². The highest BCUT2D eigenvalue weighted by Gasteiger charge is 2.79. The van der Waals surface area contributed by atoms with E-state index in [1.165, 1.54) is 14.2 Å². The number of benzene rings is 2. The molecule has 10 atom stereocenters. The van der Waals surface area contributed by atoms with Crippen LogP contribution in [0.15, 0.2) is 48.6 Å². The molecular formula is C46H62N4O8. The van der Waals surface area contributed by atoms with Crippen molar-refractivity contribution in [1.29, 1.82) is 0 Å². The number of aliphatic hydroxyl groups is 2. The van der Waals surface area contributed by atoms with Crippen LogP contribution in [0.4, 0.5) is 5.69 Å². The van der Waals surface area contributed by atoms with Gasteiger partial charge >= 0.3 is 11.9 Å². The van der Waals surface area contributed by atoms with Crippen molar-refractivity contribution >= 4 is 28.5 Å². The molecule has 3 N–H and O–H groups in total. The van der Waals surface area contributed by atoms with Crippen molar-refractivity contribution in [1.82, 2.24) is 14.8 Å². The molecule has 1 aromatic heterocycles. The Balaban J connectivity index is 0.00000469. The lowest BCUT2D eigenvalue weighted by Crippen LogP contribution is -2.81. The third-order valence-electron chi connectivity index (χ3n) is 15.6. The quantitative estimate of drug-likeness (QED) is 0.227. The largest absolute Gasteiger partial charge is 0.496 e. The van der Waals surface area contributed by atoms with E-state index >= 15 is 4.79 Å². The van der Waals surface area contributed by atoms with Gasteiger partial charge in [0.15, 0.2) is 0 Å².